The van der Waals surface area contributed by atoms with Crippen LogP contribution in [0.2, 0.25) is 0 Å². The number of rotatable bonds is 6. The summed E-state index contributed by atoms with van der Waals surface area (Å²) in [5.74, 6) is 0.652. The average molecular weight is 557 g/mol. The lowest BCUT2D eigenvalue weighted by molar-refractivity contribution is -0.00128. The fourth-order valence-electron chi connectivity index (χ4n) is 4.80. The van der Waals surface area contributed by atoms with E-state index in [0.29, 0.717) is 40.6 Å². The number of fused-ring (bicyclic) bond motifs is 2. The van der Waals surface area contributed by atoms with Crippen LogP contribution in [-0.4, -0.2) is 53.5 Å². The second-order valence-corrected chi connectivity index (χ2v) is 10.6. The maximum absolute atomic E-state index is 13.5. The van der Waals surface area contributed by atoms with Crippen LogP contribution in [0.4, 0.5) is 15.6 Å². The molecule has 3 heterocycles. The summed E-state index contributed by atoms with van der Waals surface area (Å²) < 4.78 is 13.7. The highest BCUT2D eigenvalue weighted by Crippen LogP contribution is 2.31. The summed E-state index contributed by atoms with van der Waals surface area (Å²) in [6.07, 6.45) is 1.51. The number of morpholine rings is 1. The van der Waals surface area contributed by atoms with Crippen molar-refractivity contribution in [1.82, 2.24) is 19.9 Å². The van der Waals surface area contributed by atoms with Gasteiger partial charge in [0.15, 0.2) is 5.13 Å². The standard InChI is InChI=1S/C29H28N6O4S/c1-17(25-15-30-10-11-39-25)35-16-31-23-8-6-18(12-22(23)27(35)36)19-7-9-26-24(13-19)33-29(40-26)34-28(37)32-20-4-3-5-21(14-20)38-2/h3-9,12-14,16-17,25,30H,10-11,15H2,1-2H3,(H2,32,33,34,37). The molecule has 6 rings (SSSR count). The van der Waals surface area contributed by atoms with Gasteiger partial charge in [0.25, 0.3) is 5.56 Å². The molecule has 3 N–H and O–H groups in total. The highest BCUT2D eigenvalue weighted by Gasteiger charge is 2.23. The number of thiazole rings is 1. The molecule has 1 fully saturated rings. The van der Waals surface area contributed by atoms with Gasteiger partial charge in [-0.2, -0.15) is 0 Å². The third kappa shape index (κ3) is 5.26. The molecule has 5 aromatic rings. The van der Waals surface area contributed by atoms with Gasteiger partial charge in [0.1, 0.15) is 5.75 Å². The Labute approximate surface area is 234 Å². The molecule has 204 valence electrons. The highest BCUT2D eigenvalue weighted by atomic mass is 32.1. The molecule has 0 radical (unpaired) electrons. The lowest BCUT2D eigenvalue weighted by Gasteiger charge is -2.29. The minimum atomic E-state index is -0.394. The summed E-state index contributed by atoms with van der Waals surface area (Å²) in [5, 5.41) is 9.93. The third-order valence-electron chi connectivity index (χ3n) is 6.98. The minimum Gasteiger partial charge on any atom is -0.497 e. The van der Waals surface area contributed by atoms with E-state index in [0.717, 1.165) is 27.9 Å². The van der Waals surface area contributed by atoms with Crippen molar-refractivity contribution in [3.8, 4) is 16.9 Å². The number of methoxy groups -OCH3 is 1. The Kier molecular flexibility index (Phi) is 7.16. The van der Waals surface area contributed by atoms with Crippen molar-refractivity contribution in [3.05, 3.63) is 77.3 Å². The van der Waals surface area contributed by atoms with Gasteiger partial charge in [-0.05, 0) is 54.4 Å². The molecule has 2 atom stereocenters. The van der Waals surface area contributed by atoms with Gasteiger partial charge in [-0.15, -0.1) is 0 Å². The summed E-state index contributed by atoms with van der Waals surface area (Å²) in [6, 6.07) is 18.2. The second kappa shape index (κ2) is 11.0. The Morgan fingerprint density at radius 1 is 1.12 bits per heavy atom. The van der Waals surface area contributed by atoms with Gasteiger partial charge >= 0.3 is 6.03 Å². The number of nitrogens with zero attached hydrogens (tertiary/aromatic N) is 3. The molecule has 1 saturated heterocycles. The zero-order chi connectivity index (χ0) is 27.6. The Hall–Kier alpha value is -4.32. The van der Waals surface area contributed by atoms with Crippen LogP contribution in [0.3, 0.4) is 0 Å². The van der Waals surface area contributed by atoms with Gasteiger partial charge < -0.3 is 20.1 Å². The lowest BCUT2D eigenvalue weighted by Crippen LogP contribution is -2.44. The van der Waals surface area contributed by atoms with Crippen LogP contribution in [0.25, 0.3) is 32.2 Å². The number of amides is 2. The van der Waals surface area contributed by atoms with E-state index in [1.165, 1.54) is 11.3 Å². The monoisotopic (exact) mass is 556 g/mol. The van der Waals surface area contributed by atoms with Crippen LogP contribution in [0.5, 0.6) is 5.75 Å². The number of hydrogen-bond acceptors (Lipinski definition) is 8. The van der Waals surface area contributed by atoms with Crippen LogP contribution in [0.15, 0.2) is 71.8 Å². The van der Waals surface area contributed by atoms with Gasteiger partial charge in [0.05, 0.1) is 53.3 Å². The SMILES string of the molecule is COc1cccc(NC(=O)Nc2nc3cc(-c4ccc5ncn(C(C)C6CNCCO6)c(=O)c5c4)ccc3s2)c1. The average Bonchev–Trinajstić information content (AvgIpc) is 3.38. The van der Waals surface area contributed by atoms with Gasteiger partial charge in [-0.3, -0.25) is 14.7 Å². The van der Waals surface area contributed by atoms with Crippen LogP contribution in [-0.2, 0) is 4.74 Å². The third-order valence-corrected chi connectivity index (χ3v) is 7.94. The van der Waals surface area contributed by atoms with Crippen molar-refractivity contribution in [2.45, 2.75) is 19.1 Å². The summed E-state index contributed by atoms with van der Waals surface area (Å²) in [6.45, 7) is 4.11. The molecule has 3 aromatic carbocycles. The summed E-state index contributed by atoms with van der Waals surface area (Å²) in [7, 11) is 1.57. The number of nitrogens with one attached hydrogen (secondary N) is 3. The molecule has 0 aliphatic carbocycles. The molecule has 40 heavy (non-hydrogen) atoms. The Balaban J connectivity index is 1.24. The zero-order valence-corrected chi connectivity index (χ0v) is 22.8. The van der Waals surface area contributed by atoms with Gasteiger partial charge in [-0.25, -0.2) is 14.8 Å². The first-order valence-corrected chi connectivity index (χ1v) is 13.8. The Morgan fingerprint density at radius 3 is 2.80 bits per heavy atom. The lowest BCUT2D eigenvalue weighted by atomic mass is 10.0. The predicted molar refractivity (Wildman–Crippen MR) is 158 cm³/mol. The second-order valence-electron chi connectivity index (χ2n) is 9.56. The number of aromatic nitrogens is 3. The number of carbonyl (C=O) groups excluding carboxylic acids is 1. The van der Waals surface area contributed by atoms with E-state index >= 15 is 0 Å². The van der Waals surface area contributed by atoms with E-state index in [9.17, 15) is 9.59 Å². The van der Waals surface area contributed by atoms with Crippen LogP contribution < -0.4 is 26.2 Å². The molecule has 0 spiro atoms. The molecule has 2 unspecified atom stereocenters. The van der Waals surface area contributed by atoms with E-state index in [4.69, 9.17) is 9.47 Å². The summed E-state index contributed by atoms with van der Waals surface area (Å²) in [4.78, 5) is 35.1. The first kappa shape index (κ1) is 25.9. The van der Waals surface area contributed by atoms with Crippen molar-refractivity contribution >= 4 is 49.3 Å². The van der Waals surface area contributed by atoms with Gasteiger partial charge in [0.2, 0.25) is 0 Å². The maximum atomic E-state index is 13.5. The molecule has 1 aliphatic heterocycles. The molecule has 11 heteroatoms. The quantitative estimate of drug-likeness (QED) is 0.273. The first-order valence-electron chi connectivity index (χ1n) is 12.9. The Morgan fingerprint density at radius 2 is 1.98 bits per heavy atom. The topological polar surface area (TPSA) is 119 Å². The number of anilines is 2. The smallest absolute Gasteiger partial charge is 0.325 e. The van der Waals surface area contributed by atoms with Gasteiger partial charge in [0, 0.05) is 24.8 Å². The molecule has 10 nitrogen and oxygen atoms in total. The summed E-state index contributed by atoms with van der Waals surface area (Å²) >= 11 is 1.38. The summed E-state index contributed by atoms with van der Waals surface area (Å²) in [5.41, 5.74) is 3.70. The largest absolute Gasteiger partial charge is 0.497 e. The molecule has 0 bridgehead atoms. The number of urea groups is 1. The van der Waals surface area contributed by atoms with E-state index in [-0.39, 0.29) is 17.7 Å². The van der Waals surface area contributed by atoms with Crippen molar-refractivity contribution in [3.63, 3.8) is 0 Å². The molecule has 0 saturated carbocycles. The van der Waals surface area contributed by atoms with Crippen LogP contribution in [0, 0.1) is 0 Å². The van der Waals surface area contributed by atoms with Crippen LogP contribution >= 0.6 is 11.3 Å². The molecular weight excluding hydrogens is 528 g/mol. The molecule has 2 aromatic heterocycles. The molecule has 1 aliphatic rings. The maximum Gasteiger partial charge on any atom is 0.325 e. The fraction of sp³-hybridized carbons (Fsp3) is 0.241. The molecule has 2 amide bonds. The fourth-order valence-corrected chi connectivity index (χ4v) is 5.64. The Bertz CT molecular complexity index is 1760. The molecular formula is C29H28N6O4S. The normalized spacial score (nSPS) is 16.1. The van der Waals surface area contributed by atoms with E-state index in [2.05, 4.69) is 25.9 Å². The number of ether oxygens (including phenoxy) is 2. The van der Waals surface area contributed by atoms with Crippen molar-refractivity contribution in [2.24, 2.45) is 0 Å². The zero-order valence-electron chi connectivity index (χ0n) is 22.0. The van der Waals surface area contributed by atoms with Crippen molar-refractivity contribution in [2.75, 3.05) is 37.4 Å². The van der Waals surface area contributed by atoms with Crippen LogP contribution in [0.1, 0.15) is 13.0 Å². The minimum absolute atomic E-state index is 0.0960. The number of carbonyl (C=O) groups is 1. The van der Waals surface area contributed by atoms with E-state index in [1.807, 2.05) is 43.3 Å². The van der Waals surface area contributed by atoms with E-state index in [1.54, 1.807) is 42.3 Å². The predicted octanol–water partition coefficient (Wildman–Crippen LogP) is 4.88. The van der Waals surface area contributed by atoms with E-state index < -0.39 is 6.03 Å². The van der Waals surface area contributed by atoms with Crippen molar-refractivity contribution < 1.29 is 14.3 Å². The van der Waals surface area contributed by atoms with Gasteiger partial charge in [-0.1, -0.05) is 29.5 Å². The first-order chi connectivity index (χ1) is 19.5. The van der Waals surface area contributed by atoms with Crippen molar-refractivity contribution in [1.29, 1.82) is 0 Å². The highest BCUT2D eigenvalue weighted by molar-refractivity contribution is 7.22. The number of hydrogen-bond donors (Lipinski definition) is 3. The number of benzene rings is 3.